The molecule has 1 aliphatic rings. The van der Waals surface area contributed by atoms with Crippen LogP contribution in [0.2, 0.25) is 0 Å². The number of carbonyl (C=O) groups excluding carboxylic acids is 1. The molecule has 6 nitrogen and oxygen atoms in total. The summed E-state index contributed by atoms with van der Waals surface area (Å²) in [5, 5.41) is 16.7. The van der Waals surface area contributed by atoms with Gasteiger partial charge in [-0.2, -0.15) is 5.10 Å². The molecule has 2 aromatic rings. The number of hydrogen-bond acceptors (Lipinski definition) is 4. The summed E-state index contributed by atoms with van der Waals surface area (Å²) < 4.78 is 2.75. The molecule has 146 valence electrons. The number of aliphatic hydroxyl groups excluding tert-OH is 1. The highest BCUT2D eigenvalue weighted by atomic mass is 79.9. The zero-order valence-corrected chi connectivity index (χ0v) is 17.1. The Balaban J connectivity index is 1.59. The number of halogens is 1. The number of carbonyl (C=O) groups is 1. The molecule has 7 heteroatoms. The highest BCUT2D eigenvalue weighted by Crippen LogP contribution is 2.25. The van der Waals surface area contributed by atoms with Crippen LogP contribution in [0.3, 0.4) is 0 Å². The van der Waals surface area contributed by atoms with E-state index in [1.165, 1.54) is 19.3 Å². The van der Waals surface area contributed by atoms with E-state index in [9.17, 15) is 9.90 Å². The van der Waals surface area contributed by atoms with Gasteiger partial charge in [-0.1, -0.05) is 40.5 Å². The minimum Gasteiger partial charge on any atom is -0.396 e. The molecule has 1 unspecified atom stereocenters. The Morgan fingerprint density at radius 3 is 2.74 bits per heavy atom. The molecule has 1 saturated heterocycles. The van der Waals surface area contributed by atoms with Gasteiger partial charge < -0.3 is 15.3 Å². The van der Waals surface area contributed by atoms with Gasteiger partial charge in [-0.3, -0.25) is 9.48 Å². The third-order valence-corrected chi connectivity index (χ3v) is 5.72. The van der Waals surface area contributed by atoms with Crippen LogP contribution in [0.5, 0.6) is 0 Å². The first-order valence-electron chi connectivity index (χ1n) is 9.58. The van der Waals surface area contributed by atoms with E-state index in [0.29, 0.717) is 12.0 Å². The topological polar surface area (TPSA) is 70.4 Å². The van der Waals surface area contributed by atoms with Gasteiger partial charge in [0.05, 0.1) is 24.3 Å². The maximum atomic E-state index is 12.7. The Morgan fingerprint density at radius 2 is 2.00 bits per heavy atom. The van der Waals surface area contributed by atoms with Crippen molar-refractivity contribution in [2.45, 2.75) is 38.3 Å². The van der Waals surface area contributed by atoms with E-state index in [1.54, 1.807) is 12.4 Å². The first-order chi connectivity index (χ1) is 13.2. The van der Waals surface area contributed by atoms with Gasteiger partial charge in [-0.25, -0.2) is 0 Å². The molecule has 0 bridgehead atoms. The number of nitrogens with one attached hydrogen (secondary N) is 1. The molecule has 27 heavy (non-hydrogen) atoms. The van der Waals surface area contributed by atoms with Crippen molar-refractivity contribution >= 4 is 21.8 Å². The molecule has 0 aliphatic carbocycles. The van der Waals surface area contributed by atoms with Gasteiger partial charge in [0.25, 0.3) is 5.91 Å². The first kappa shape index (κ1) is 20.0. The molecule has 2 N–H and O–H groups in total. The standard InChI is InChI=1S/C20H27BrN4O2/c21-18-7-3-2-6-17(18)19(8-13-26)23-20(27)16-14-22-25(15-16)12-11-24-9-4-1-5-10-24/h2-3,6-7,14-15,19,26H,1,4-5,8-13H2,(H,23,27). The fourth-order valence-electron chi connectivity index (χ4n) is 3.46. The predicted octanol–water partition coefficient (Wildman–Crippen LogP) is 2.99. The van der Waals surface area contributed by atoms with Crippen LogP contribution in [0.1, 0.15) is 47.6 Å². The average molecular weight is 435 g/mol. The van der Waals surface area contributed by atoms with Gasteiger partial charge in [-0.15, -0.1) is 0 Å². The van der Waals surface area contributed by atoms with Crippen LogP contribution in [0.25, 0.3) is 0 Å². The predicted molar refractivity (Wildman–Crippen MR) is 109 cm³/mol. The Labute approximate surface area is 168 Å². The summed E-state index contributed by atoms with van der Waals surface area (Å²) in [5.41, 5.74) is 1.50. The normalized spacial score (nSPS) is 16.2. The summed E-state index contributed by atoms with van der Waals surface area (Å²) in [6, 6.07) is 7.49. The molecule has 1 aromatic carbocycles. The number of rotatable bonds is 8. The zero-order chi connectivity index (χ0) is 19.1. The summed E-state index contributed by atoms with van der Waals surface area (Å²) in [6.07, 6.45) is 7.74. The molecule has 1 amide bonds. The third kappa shape index (κ3) is 5.64. The monoisotopic (exact) mass is 434 g/mol. The van der Waals surface area contributed by atoms with Crippen LogP contribution in [0.15, 0.2) is 41.1 Å². The zero-order valence-electron chi connectivity index (χ0n) is 15.5. The number of aromatic nitrogens is 2. The first-order valence-corrected chi connectivity index (χ1v) is 10.4. The second-order valence-corrected chi connectivity index (χ2v) is 7.81. The van der Waals surface area contributed by atoms with Crippen LogP contribution in [-0.2, 0) is 6.54 Å². The minimum absolute atomic E-state index is 0.00137. The molecular formula is C20H27BrN4O2. The SMILES string of the molecule is O=C(NC(CCO)c1ccccc1Br)c1cnn(CCN2CCCCC2)c1. The number of hydrogen-bond donors (Lipinski definition) is 2. The highest BCUT2D eigenvalue weighted by Gasteiger charge is 2.19. The minimum atomic E-state index is -0.255. The van der Waals surface area contributed by atoms with Crippen molar-refractivity contribution in [1.29, 1.82) is 0 Å². The Hall–Kier alpha value is -1.70. The highest BCUT2D eigenvalue weighted by molar-refractivity contribution is 9.10. The third-order valence-electron chi connectivity index (χ3n) is 4.99. The van der Waals surface area contributed by atoms with Crippen LogP contribution in [0, 0.1) is 0 Å². The lowest BCUT2D eigenvalue weighted by molar-refractivity contribution is 0.0929. The maximum absolute atomic E-state index is 12.7. The van der Waals surface area contributed by atoms with Crippen LogP contribution in [0.4, 0.5) is 0 Å². The molecule has 0 spiro atoms. The van der Waals surface area contributed by atoms with E-state index in [0.717, 1.165) is 36.2 Å². The smallest absolute Gasteiger partial charge is 0.254 e. The van der Waals surface area contributed by atoms with Crippen LogP contribution >= 0.6 is 15.9 Å². The number of aliphatic hydroxyl groups is 1. The molecule has 0 radical (unpaired) electrons. The summed E-state index contributed by atoms with van der Waals surface area (Å²) >= 11 is 3.52. The van der Waals surface area contributed by atoms with Crippen molar-refractivity contribution in [3.63, 3.8) is 0 Å². The van der Waals surface area contributed by atoms with E-state index in [4.69, 9.17) is 0 Å². The summed E-state index contributed by atoms with van der Waals surface area (Å²) in [4.78, 5) is 15.1. The van der Waals surface area contributed by atoms with Gasteiger partial charge in [0.1, 0.15) is 0 Å². The molecule has 0 saturated carbocycles. The quantitative estimate of drug-likeness (QED) is 0.669. The van der Waals surface area contributed by atoms with Crippen LogP contribution < -0.4 is 5.32 Å². The molecule has 1 atom stereocenters. The van der Waals surface area contributed by atoms with Gasteiger partial charge in [0.2, 0.25) is 0 Å². The van der Waals surface area contributed by atoms with E-state index in [2.05, 4.69) is 31.2 Å². The molecule has 1 aliphatic heterocycles. The van der Waals surface area contributed by atoms with Crippen molar-refractivity contribution in [3.05, 3.63) is 52.3 Å². The largest absolute Gasteiger partial charge is 0.396 e. The molecule has 1 aromatic heterocycles. The lowest BCUT2D eigenvalue weighted by Crippen LogP contribution is -2.32. The second kappa shape index (κ2) is 10.0. The number of likely N-dealkylation sites (tertiary alicyclic amines) is 1. The number of piperidine rings is 1. The molecule has 2 heterocycles. The van der Waals surface area contributed by atoms with Crippen molar-refractivity contribution in [2.75, 3.05) is 26.2 Å². The second-order valence-electron chi connectivity index (χ2n) is 6.95. The number of benzene rings is 1. The average Bonchev–Trinajstić information content (AvgIpc) is 3.16. The van der Waals surface area contributed by atoms with Gasteiger partial charge in [-0.05, 0) is 44.0 Å². The van der Waals surface area contributed by atoms with E-state index in [1.807, 2.05) is 28.9 Å². The molecule has 1 fully saturated rings. The summed E-state index contributed by atoms with van der Waals surface area (Å²) in [5.74, 6) is -0.173. The Kier molecular flexibility index (Phi) is 7.43. The van der Waals surface area contributed by atoms with Crippen molar-refractivity contribution in [1.82, 2.24) is 20.0 Å². The molecular weight excluding hydrogens is 408 g/mol. The molecule has 3 rings (SSSR count). The Bertz CT molecular complexity index is 743. The van der Waals surface area contributed by atoms with Crippen molar-refractivity contribution in [3.8, 4) is 0 Å². The van der Waals surface area contributed by atoms with Gasteiger partial charge in [0.15, 0.2) is 0 Å². The fourth-order valence-corrected chi connectivity index (χ4v) is 4.02. The van der Waals surface area contributed by atoms with E-state index in [-0.39, 0.29) is 18.6 Å². The fraction of sp³-hybridized carbons (Fsp3) is 0.500. The van der Waals surface area contributed by atoms with Gasteiger partial charge in [0, 0.05) is 23.8 Å². The Morgan fingerprint density at radius 1 is 1.22 bits per heavy atom. The van der Waals surface area contributed by atoms with Crippen molar-refractivity contribution < 1.29 is 9.90 Å². The van der Waals surface area contributed by atoms with Crippen molar-refractivity contribution in [2.24, 2.45) is 0 Å². The lowest BCUT2D eigenvalue weighted by atomic mass is 10.0. The van der Waals surface area contributed by atoms with Crippen LogP contribution in [-0.4, -0.2) is 51.9 Å². The number of nitrogens with zero attached hydrogens (tertiary/aromatic N) is 3. The maximum Gasteiger partial charge on any atom is 0.254 e. The van der Waals surface area contributed by atoms with E-state index < -0.39 is 0 Å². The summed E-state index contributed by atoms with van der Waals surface area (Å²) in [7, 11) is 0. The number of amides is 1. The van der Waals surface area contributed by atoms with Gasteiger partial charge >= 0.3 is 0 Å². The lowest BCUT2D eigenvalue weighted by Gasteiger charge is -2.26. The van der Waals surface area contributed by atoms with E-state index >= 15 is 0 Å². The summed E-state index contributed by atoms with van der Waals surface area (Å²) in [6.45, 7) is 4.07.